The highest BCUT2D eigenvalue weighted by atomic mass is 32.1. The fourth-order valence-electron chi connectivity index (χ4n) is 2.96. The Labute approximate surface area is 169 Å². The van der Waals surface area contributed by atoms with Crippen molar-refractivity contribution in [1.29, 1.82) is 0 Å². The summed E-state index contributed by atoms with van der Waals surface area (Å²) in [5, 5.41) is 7.33. The van der Waals surface area contributed by atoms with Crippen LogP contribution in [0.15, 0.2) is 95.4 Å². The molecule has 0 saturated carbocycles. The highest BCUT2D eigenvalue weighted by Crippen LogP contribution is 2.24. The van der Waals surface area contributed by atoms with Gasteiger partial charge in [-0.25, -0.2) is 4.98 Å². The Morgan fingerprint density at radius 3 is 2.21 bits per heavy atom. The first-order chi connectivity index (χ1) is 13.8. The average molecular weight is 384 g/mol. The molecule has 0 saturated heterocycles. The monoisotopic (exact) mass is 383 g/mol. The Kier molecular flexibility index (Phi) is 5.59. The van der Waals surface area contributed by atoms with Crippen LogP contribution in [-0.4, -0.2) is 10.7 Å². The molecule has 1 N–H and O–H groups in total. The van der Waals surface area contributed by atoms with Crippen molar-refractivity contribution in [2.75, 3.05) is 5.43 Å². The van der Waals surface area contributed by atoms with Crippen LogP contribution in [-0.2, 0) is 6.42 Å². The standard InChI is InChI=1S/C24H21N3S/c1-18(21-14-12-20(13-15-21)16-19-8-4-2-5-9-19)26-27-24-25-23(17-28-24)22-10-6-3-7-11-22/h2-15,17H,16H2,1H3,(H,25,27). The van der Waals surface area contributed by atoms with Crippen LogP contribution in [0.1, 0.15) is 23.6 Å². The topological polar surface area (TPSA) is 37.3 Å². The summed E-state index contributed by atoms with van der Waals surface area (Å²) in [7, 11) is 0. The van der Waals surface area contributed by atoms with Gasteiger partial charge in [-0.15, -0.1) is 11.3 Å². The largest absolute Gasteiger partial charge is 0.252 e. The van der Waals surface area contributed by atoms with Crippen LogP contribution < -0.4 is 5.43 Å². The number of hydrazone groups is 1. The van der Waals surface area contributed by atoms with Gasteiger partial charge >= 0.3 is 0 Å². The molecule has 0 aliphatic rings. The van der Waals surface area contributed by atoms with Crippen LogP contribution in [0.3, 0.4) is 0 Å². The molecule has 3 aromatic carbocycles. The summed E-state index contributed by atoms with van der Waals surface area (Å²) in [6.45, 7) is 2.00. The molecule has 0 amide bonds. The van der Waals surface area contributed by atoms with E-state index < -0.39 is 0 Å². The van der Waals surface area contributed by atoms with Crippen molar-refractivity contribution < 1.29 is 0 Å². The first-order valence-corrected chi connectivity index (χ1v) is 10.1. The van der Waals surface area contributed by atoms with Gasteiger partial charge in [0, 0.05) is 10.9 Å². The number of thiazole rings is 1. The quantitative estimate of drug-likeness (QED) is 0.316. The maximum atomic E-state index is 4.61. The molecule has 28 heavy (non-hydrogen) atoms. The van der Waals surface area contributed by atoms with E-state index in [1.165, 1.54) is 11.1 Å². The number of nitrogens with zero attached hydrogens (tertiary/aromatic N) is 2. The third-order valence-electron chi connectivity index (χ3n) is 4.52. The molecule has 0 radical (unpaired) electrons. The zero-order valence-electron chi connectivity index (χ0n) is 15.7. The molecule has 1 aromatic heterocycles. The van der Waals surface area contributed by atoms with Gasteiger partial charge in [0.05, 0.1) is 11.4 Å². The van der Waals surface area contributed by atoms with E-state index in [1.54, 1.807) is 11.3 Å². The summed E-state index contributed by atoms with van der Waals surface area (Å²) in [5.41, 5.74) is 9.81. The second kappa shape index (κ2) is 8.63. The highest BCUT2D eigenvalue weighted by Gasteiger charge is 2.04. The number of hydrogen-bond donors (Lipinski definition) is 1. The van der Waals surface area contributed by atoms with Crippen LogP contribution in [0, 0.1) is 0 Å². The summed E-state index contributed by atoms with van der Waals surface area (Å²) in [6.07, 6.45) is 0.941. The Bertz CT molecular complexity index is 1050. The van der Waals surface area contributed by atoms with Crippen molar-refractivity contribution in [2.45, 2.75) is 13.3 Å². The molecule has 4 heteroatoms. The van der Waals surface area contributed by atoms with Crippen molar-refractivity contribution in [3.8, 4) is 11.3 Å². The van der Waals surface area contributed by atoms with Gasteiger partial charge in [0.1, 0.15) is 0 Å². The third kappa shape index (κ3) is 4.53. The maximum absolute atomic E-state index is 4.61. The van der Waals surface area contributed by atoms with E-state index in [4.69, 9.17) is 0 Å². The van der Waals surface area contributed by atoms with Crippen LogP contribution in [0.25, 0.3) is 11.3 Å². The Morgan fingerprint density at radius 2 is 1.50 bits per heavy atom. The van der Waals surface area contributed by atoms with E-state index in [1.807, 2.05) is 36.6 Å². The molecule has 0 unspecified atom stereocenters. The molecular formula is C24H21N3S. The molecule has 0 atom stereocenters. The fourth-order valence-corrected chi connectivity index (χ4v) is 3.62. The number of benzene rings is 3. The third-order valence-corrected chi connectivity index (χ3v) is 5.26. The van der Waals surface area contributed by atoms with E-state index >= 15 is 0 Å². The molecule has 0 spiro atoms. The predicted octanol–water partition coefficient (Wildman–Crippen LogP) is 6.24. The lowest BCUT2D eigenvalue weighted by molar-refractivity contribution is 1.19. The van der Waals surface area contributed by atoms with Crippen molar-refractivity contribution in [1.82, 2.24) is 4.98 Å². The Hall–Kier alpha value is -3.24. The number of aromatic nitrogens is 1. The van der Waals surface area contributed by atoms with Gasteiger partial charge in [0.15, 0.2) is 0 Å². The van der Waals surface area contributed by atoms with Crippen molar-refractivity contribution >= 4 is 22.2 Å². The van der Waals surface area contributed by atoms with Crippen LogP contribution in [0.2, 0.25) is 0 Å². The Balaban J connectivity index is 1.41. The van der Waals surface area contributed by atoms with Gasteiger partial charge in [-0.1, -0.05) is 84.9 Å². The van der Waals surface area contributed by atoms with Gasteiger partial charge in [0.2, 0.25) is 5.13 Å². The van der Waals surface area contributed by atoms with Gasteiger partial charge in [-0.2, -0.15) is 5.10 Å². The summed E-state index contributed by atoms with van der Waals surface area (Å²) in [5.74, 6) is 0. The molecule has 3 nitrogen and oxygen atoms in total. The number of rotatable bonds is 6. The lowest BCUT2D eigenvalue weighted by atomic mass is 10.0. The minimum Gasteiger partial charge on any atom is -0.252 e. The minimum atomic E-state index is 0.791. The zero-order valence-corrected chi connectivity index (χ0v) is 16.5. The highest BCUT2D eigenvalue weighted by molar-refractivity contribution is 7.14. The number of nitrogens with one attached hydrogen (secondary N) is 1. The van der Waals surface area contributed by atoms with Crippen LogP contribution >= 0.6 is 11.3 Å². The van der Waals surface area contributed by atoms with E-state index in [-0.39, 0.29) is 0 Å². The Morgan fingerprint density at radius 1 is 0.857 bits per heavy atom. The molecule has 0 aliphatic carbocycles. The van der Waals surface area contributed by atoms with Gasteiger partial charge in [-0.05, 0) is 30.0 Å². The van der Waals surface area contributed by atoms with E-state index in [0.717, 1.165) is 34.1 Å². The normalized spacial score (nSPS) is 11.4. The molecular weight excluding hydrogens is 362 g/mol. The molecule has 4 aromatic rings. The average Bonchev–Trinajstić information content (AvgIpc) is 3.23. The van der Waals surface area contributed by atoms with E-state index in [9.17, 15) is 0 Å². The van der Waals surface area contributed by atoms with E-state index in [0.29, 0.717) is 0 Å². The summed E-state index contributed by atoms with van der Waals surface area (Å²) < 4.78 is 0. The lowest BCUT2D eigenvalue weighted by Crippen LogP contribution is -2.00. The second-order valence-corrected chi connectivity index (χ2v) is 7.43. The molecule has 4 rings (SSSR count). The molecule has 0 aliphatic heterocycles. The maximum Gasteiger partial charge on any atom is 0.203 e. The van der Waals surface area contributed by atoms with Crippen LogP contribution in [0.5, 0.6) is 0 Å². The minimum absolute atomic E-state index is 0.791. The number of hydrogen-bond acceptors (Lipinski definition) is 4. The van der Waals surface area contributed by atoms with Crippen molar-refractivity contribution in [3.05, 3.63) is 107 Å². The lowest BCUT2D eigenvalue weighted by Gasteiger charge is -2.05. The van der Waals surface area contributed by atoms with Crippen molar-refractivity contribution in [3.63, 3.8) is 0 Å². The van der Waals surface area contributed by atoms with Crippen LogP contribution in [0.4, 0.5) is 5.13 Å². The van der Waals surface area contributed by atoms with E-state index in [2.05, 4.69) is 76.2 Å². The predicted molar refractivity (Wildman–Crippen MR) is 119 cm³/mol. The summed E-state index contributed by atoms with van der Waals surface area (Å²) >= 11 is 1.56. The molecule has 138 valence electrons. The zero-order chi connectivity index (χ0) is 19.2. The molecule has 1 heterocycles. The fraction of sp³-hybridized carbons (Fsp3) is 0.0833. The van der Waals surface area contributed by atoms with Crippen molar-refractivity contribution in [2.24, 2.45) is 5.10 Å². The van der Waals surface area contributed by atoms with Gasteiger partial charge in [0.25, 0.3) is 0 Å². The van der Waals surface area contributed by atoms with Gasteiger partial charge in [-0.3, -0.25) is 5.43 Å². The molecule has 0 bridgehead atoms. The summed E-state index contributed by atoms with van der Waals surface area (Å²) in [4.78, 5) is 4.61. The SMILES string of the molecule is CC(=NNc1nc(-c2ccccc2)cs1)c1ccc(Cc2ccccc2)cc1. The van der Waals surface area contributed by atoms with Gasteiger partial charge < -0.3 is 0 Å². The molecule has 0 fully saturated rings. The second-order valence-electron chi connectivity index (χ2n) is 6.57. The first kappa shape index (κ1) is 18.1. The summed E-state index contributed by atoms with van der Waals surface area (Å²) in [6, 6.07) is 29.2. The first-order valence-electron chi connectivity index (χ1n) is 9.22. The smallest absolute Gasteiger partial charge is 0.203 e. The number of anilines is 1.